The third-order valence-corrected chi connectivity index (χ3v) is 2.78. The average Bonchev–Trinajstić information content (AvgIpc) is 2.14. The molecule has 1 aliphatic heterocycles. The van der Waals surface area contributed by atoms with E-state index in [1.165, 1.54) is 0 Å². The van der Waals surface area contributed by atoms with Gasteiger partial charge in [-0.25, -0.2) is 0 Å². The van der Waals surface area contributed by atoms with Gasteiger partial charge in [0, 0.05) is 24.7 Å². The predicted molar refractivity (Wildman–Crippen MR) is 59.7 cm³/mol. The first-order valence-electron chi connectivity index (χ1n) is 4.98. The van der Waals surface area contributed by atoms with Crippen molar-refractivity contribution in [3.8, 4) is 0 Å². The van der Waals surface area contributed by atoms with Gasteiger partial charge in [0.2, 0.25) is 5.91 Å². The molecule has 1 amide bonds. The molecule has 0 aliphatic carbocycles. The second-order valence-corrected chi connectivity index (χ2v) is 4.14. The van der Waals surface area contributed by atoms with Crippen molar-refractivity contribution in [2.45, 2.75) is 6.54 Å². The lowest BCUT2D eigenvalue weighted by atomic mass is 10.0. The molecule has 1 fully saturated rings. The summed E-state index contributed by atoms with van der Waals surface area (Å²) in [6.07, 6.45) is 0. The van der Waals surface area contributed by atoms with Gasteiger partial charge in [0.15, 0.2) is 0 Å². The van der Waals surface area contributed by atoms with E-state index in [-0.39, 0.29) is 11.8 Å². The van der Waals surface area contributed by atoms with Crippen LogP contribution in [0.4, 0.5) is 0 Å². The number of rotatable bonds is 3. The molecule has 3 nitrogen and oxygen atoms in total. The quantitative estimate of drug-likeness (QED) is 0.810. The van der Waals surface area contributed by atoms with Crippen molar-refractivity contribution in [2.75, 3.05) is 13.1 Å². The van der Waals surface area contributed by atoms with Crippen LogP contribution in [0.15, 0.2) is 24.3 Å². The Bertz CT molecular complexity index is 346. The van der Waals surface area contributed by atoms with Crippen LogP contribution >= 0.6 is 11.6 Å². The highest BCUT2D eigenvalue weighted by Crippen LogP contribution is 2.09. The summed E-state index contributed by atoms with van der Waals surface area (Å²) in [7, 11) is 0. The lowest BCUT2D eigenvalue weighted by Crippen LogP contribution is -2.50. The zero-order valence-corrected chi connectivity index (χ0v) is 9.05. The number of nitrogens with one attached hydrogen (secondary N) is 2. The highest BCUT2D eigenvalue weighted by Gasteiger charge is 2.24. The maximum absolute atomic E-state index is 11.5. The summed E-state index contributed by atoms with van der Waals surface area (Å²) in [6, 6.07) is 7.49. The van der Waals surface area contributed by atoms with Crippen LogP contribution < -0.4 is 10.6 Å². The summed E-state index contributed by atoms with van der Waals surface area (Å²) in [6.45, 7) is 2.17. The SMILES string of the molecule is O=C(NCc1ccc(Cl)cc1)C1CNC1. The van der Waals surface area contributed by atoms with Crippen LogP contribution in [0.2, 0.25) is 5.02 Å². The molecule has 4 heteroatoms. The van der Waals surface area contributed by atoms with Gasteiger partial charge in [0.1, 0.15) is 0 Å². The fourth-order valence-corrected chi connectivity index (χ4v) is 1.54. The molecule has 0 atom stereocenters. The Morgan fingerprint density at radius 3 is 2.60 bits per heavy atom. The number of carbonyl (C=O) groups excluding carboxylic acids is 1. The van der Waals surface area contributed by atoms with Gasteiger partial charge in [-0.2, -0.15) is 0 Å². The van der Waals surface area contributed by atoms with Crippen LogP contribution in [-0.2, 0) is 11.3 Å². The third-order valence-electron chi connectivity index (χ3n) is 2.53. The van der Waals surface area contributed by atoms with Crippen LogP contribution in [0.25, 0.3) is 0 Å². The number of carbonyl (C=O) groups is 1. The van der Waals surface area contributed by atoms with Gasteiger partial charge in [0.25, 0.3) is 0 Å². The van der Waals surface area contributed by atoms with Crippen LogP contribution in [0, 0.1) is 5.92 Å². The maximum Gasteiger partial charge on any atom is 0.225 e. The highest BCUT2D eigenvalue weighted by molar-refractivity contribution is 6.30. The average molecular weight is 225 g/mol. The fourth-order valence-electron chi connectivity index (χ4n) is 1.41. The Hall–Kier alpha value is -1.06. The molecule has 2 N–H and O–H groups in total. The Balaban J connectivity index is 1.82. The van der Waals surface area contributed by atoms with Gasteiger partial charge in [-0.3, -0.25) is 4.79 Å². The summed E-state index contributed by atoms with van der Waals surface area (Å²) in [5.41, 5.74) is 1.07. The first kappa shape index (κ1) is 10.5. The lowest BCUT2D eigenvalue weighted by molar-refractivity contribution is -0.126. The molecule has 1 aromatic carbocycles. The summed E-state index contributed by atoms with van der Waals surface area (Å²) in [5.74, 6) is 0.279. The van der Waals surface area contributed by atoms with Gasteiger partial charge >= 0.3 is 0 Å². The molecule has 1 aromatic rings. The van der Waals surface area contributed by atoms with Crippen LogP contribution in [0.5, 0.6) is 0 Å². The number of hydrogen-bond acceptors (Lipinski definition) is 2. The molecule has 0 saturated carbocycles. The topological polar surface area (TPSA) is 41.1 Å². The van der Waals surface area contributed by atoms with Crippen molar-refractivity contribution >= 4 is 17.5 Å². The van der Waals surface area contributed by atoms with Crippen molar-refractivity contribution < 1.29 is 4.79 Å². The molecule has 0 spiro atoms. The summed E-state index contributed by atoms with van der Waals surface area (Å²) >= 11 is 5.76. The normalized spacial score (nSPS) is 15.8. The zero-order chi connectivity index (χ0) is 10.7. The first-order valence-corrected chi connectivity index (χ1v) is 5.36. The lowest BCUT2D eigenvalue weighted by Gasteiger charge is -2.25. The molecule has 15 heavy (non-hydrogen) atoms. The number of hydrogen-bond donors (Lipinski definition) is 2. The van der Waals surface area contributed by atoms with Crippen molar-refractivity contribution in [2.24, 2.45) is 5.92 Å². The van der Waals surface area contributed by atoms with Crippen molar-refractivity contribution in [1.29, 1.82) is 0 Å². The summed E-state index contributed by atoms with van der Waals surface area (Å²) in [4.78, 5) is 11.5. The predicted octanol–water partition coefficient (Wildman–Crippen LogP) is 1.18. The van der Waals surface area contributed by atoms with E-state index in [1.807, 2.05) is 24.3 Å². The van der Waals surface area contributed by atoms with Gasteiger partial charge in [0.05, 0.1) is 5.92 Å². The second kappa shape index (κ2) is 4.64. The standard InChI is InChI=1S/C11H13ClN2O/c12-10-3-1-8(2-4-10)5-14-11(15)9-6-13-7-9/h1-4,9,13H,5-7H2,(H,14,15). The molecule has 0 aromatic heterocycles. The number of benzene rings is 1. The van der Waals surface area contributed by atoms with Crippen LogP contribution in [0.3, 0.4) is 0 Å². The van der Waals surface area contributed by atoms with Crippen molar-refractivity contribution in [1.82, 2.24) is 10.6 Å². The number of amides is 1. The van der Waals surface area contributed by atoms with Gasteiger partial charge in [-0.15, -0.1) is 0 Å². The molecule has 1 heterocycles. The van der Waals surface area contributed by atoms with E-state index in [0.29, 0.717) is 11.6 Å². The minimum absolute atomic E-state index is 0.128. The van der Waals surface area contributed by atoms with E-state index < -0.39 is 0 Å². The molecular formula is C11H13ClN2O. The number of halogens is 1. The van der Waals surface area contributed by atoms with E-state index in [1.54, 1.807) is 0 Å². The van der Waals surface area contributed by atoms with E-state index in [4.69, 9.17) is 11.6 Å². The third kappa shape index (κ3) is 2.70. The van der Waals surface area contributed by atoms with E-state index >= 15 is 0 Å². The zero-order valence-electron chi connectivity index (χ0n) is 8.29. The molecule has 2 rings (SSSR count). The molecule has 1 aliphatic rings. The first-order chi connectivity index (χ1) is 7.25. The van der Waals surface area contributed by atoms with E-state index in [0.717, 1.165) is 18.7 Å². The van der Waals surface area contributed by atoms with E-state index in [2.05, 4.69) is 10.6 Å². The van der Waals surface area contributed by atoms with Gasteiger partial charge in [-0.1, -0.05) is 23.7 Å². The second-order valence-electron chi connectivity index (χ2n) is 3.70. The fraction of sp³-hybridized carbons (Fsp3) is 0.364. The van der Waals surface area contributed by atoms with Gasteiger partial charge in [-0.05, 0) is 17.7 Å². The molecule has 0 unspecified atom stereocenters. The summed E-state index contributed by atoms with van der Waals surface area (Å²) in [5, 5.41) is 6.68. The Morgan fingerprint density at radius 2 is 2.07 bits per heavy atom. The largest absolute Gasteiger partial charge is 0.352 e. The van der Waals surface area contributed by atoms with Crippen LogP contribution in [-0.4, -0.2) is 19.0 Å². The highest BCUT2D eigenvalue weighted by atomic mass is 35.5. The minimum Gasteiger partial charge on any atom is -0.352 e. The molecular weight excluding hydrogens is 212 g/mol. The van der Waals surface area contributed by atoms with Crippen molar-refractivity contribution in [3.05, 3.63) is 34.9 Å². The molecule has 0 radical (unpaired) electrons. The van der Waals surface area contributed by atoms with E-state index in [9.17, 15) is 4.79 Å². The molecule has 80 valence electrons. The monoisotopic (exact) mass is 224 g/mol. The maximum atomic E-state index is 11.5. The Kier molecular flexibility index (Phi) is 3.23. The van der Waals surface area contributed by atoms with Crippen LogP contribution in [0.1, 0.15) is 5.56 Å². The summed E-state index contributed by atoms with van der Waals surface area (Å²) < 4.78 is 0. The Morgan fingerprint density at radius 1 is 1.40 bits per heavy atom. The van der Waals surface area contributed by atoms with Crippen molar-refractivity contribution in [3.63, 3.8) is 0 Å². The minimum atomic E-state index is 0.128. The molecule has 0 bridgehead atoms. The smallest absolute Gasteiger partial charge is 0.225 e. The van der Waals surface area contributed by atoms with Gasteiger partial charge < -0.3 is 10.6 Å². The molecule has 1 saturated heterocycles. The Labute approximate surface area is 93.8 Å².